The third kappa shape index (κ3) is 20.7. The van der Waals surface area contributed by atoms with Crippen molar-refractivity contribution in [1.29, 1.82) is 0 Å². The molecule has 0 aromatic heterocycles. The van der Waals surface area contributed by atoms with Gasteiger partial charge in [0.25, 0.3) is 0 Å². The number of rotatable bonds is 22. The topological polar surface area (TPSA) is 6.48 Å². The zero-order chi connectivity index (χ0) is 32.7. The first-order valence-corrected chi connectivity index (χ1v) is 23.6. The van der Waals surface area contributed by atoms with E-state index in [1.165, 1.54) is 62.7 Å². The zero-order valence-electron chi connectivity index (χ0n) is 29.1. The van der Waals surface area contributed by atoms with Gasteiger partial charge in [-0.1, -0.05) is 103 Å². The Morgan fingerprint density at radius 3 is 1.16 bits per heavy atom. The van der Waals surface area contributed by atoms with Crippen LogP contribution in [0.2, 0.25) is 38.3 Å². The van der Waals surface area contributed by atoms with Crippen molar-refractivity contribution in [3.05, 3.63) is 59.7 Å². The van der Waals surface area contributed by atoms with Crippen LogP contribution in [0.5, 0.6) is 0 Å². The Labute approximate surface area is 291 Å². The van der Waals surface area contributed by atoms with Crippen molar-refractivity contribution < 1.29 is 39.3 Å². The predicted octanol–water partition coefficient (Wildman–Crippen LogP) is 10.8. The van der Waals surface area contributed by atoms with E-state index in [9.17, 15) is 17.6 Å². The van der Waals surface area contributed by atoms with Crippen molar-refractivity contribution >= 4 is 29.0 Å². The molecular weight excluding hydrogens is 640 g/mol. The largest absolute Gasteiger partial charge is 2.00 e. The number of nitrogens with zero attached hydrogens (tertiary/aromatic N) is 2. The number of hydrogen-bond acceptors (Lipinski definition) is 2. The molecule has 2 nitrogen and oxygen atoms in total. The average Bonchev–Trinajstić information content (AvgIpc) is 2.96. The SMILES string of the molecule is CCCCN(CCCCCC[SiH](C)C)c1ccc(F)[c-]c1F.CCCCN(CCCCCC[SiH](C)C)c1ccc(F)[c-]c1F.[Ti+2]. The summed E-state index contributed by atoms with van der Waals surface area (Å²) in [4.78, 5) is 4.10. The summed E-state index contributed by atoms with van der Waals surface area (Å²) in [6, 6.07) is 12.8. The van der Waals surface area contributed by atoms with E-state index in [1.807, 2.05) is 9.80 Å². The molecule has 254 valence electrons. The van der Waals surface area contributed by atoms with E-state index in [2.05, 4.69) is 52.2 Å². The summed E-state index contributed by atoms with van der Waals surface area (Å²) in [6.45, 7) is 17.1. The Morgan fingerprint density at radius 2 is 0.844 bits per heavy atom. The van der Waals surface area contributed by atoms with E-state index in [4.69, 9.17) is 0 Å². The van der Waals surface area contributed by atoms with Crippen molar-refractivity contribution in [3.8, 4) is 0 Å². The molecule has 0 unspecified atom stereocenters. The van der Waals surface area contributed by atoms with Crippen LogP contribution in [0, 0.1) is 35.4 Å². The summed E-state index contributed by atoms with van der Waals surface area (Å²) in [5.74, 6) is -2.40. The van der Waals surface area contributed by atoms with Crippen molar-refractivity contribution in [2.75, 3.05) is 36.0 Å². The van der Waals surface area contributed by atoms with Crippen LogP contribution in [0.1, 0.15) is 90.9 Å². The molecule has 0 atom stereocenters. The first-order chi connectivity index (χ1) is 21.1. The van der Waals surface area contributed by atoms with E-state index in [-0.39, 0.29) is 21.7 Å². The fourth-order valence-corrected chi connectivity index (χ4v) is 7.39. The minimum atomic E-state index is -0.630. The maximum Gasteiger partial charge on any atom is 2.00 e. The first kappa shape index (κ1) is 43.9. The van der Waals surface area contributed by atoms with Crippen LogP contribution in [-0.4, -0.2) is 43.8 Å². The number of anilines is 2. The van der Waals surface area contributed by atoms with Gasteiger partial charge in [0.2, 0.25) is 0 Å². The fraction of sp³-hybridized carbons (Fsp3) is 0.667. The van der Waals surface area contributed by atoms with Crippen LogP contribution >= 0.6 is 0 Å². The Balaban J connectivity index is 0.000000842. The summed E-state index contributed by atoms with van der Waals surface area (Å²) in [7, 11) is -0.835. The monoisotopic (exact) mass is 700 g/mol. The van der Waals surface area contributed by atoms with Gasteiger partial charge in [0.15, 0.2) is 0 Å². The van der Waals surface area contributed by atoms with Crippen molar-refractivity contribution in [2.24, 2.45) is 0 Å². The van der Waals surface area contributed by atoms with E-state index < -0.39 is 40.9 Å². The van der Waals surface area contributed by atoms with Gasteiger partial charge < -0.3 is 9.80 Å². The second kappa shape index (κ2) is 26.9. The molecule has 0 aliphatic rings. The predicted molar refractivity (Wildman–Crippen MR) is 189 cm³/mol. The maximum absolute atomic E-state index is 13.9. The number of hydrogen-bond donors (Lipinski definition) is 0. The molecule has 0 saturated carbocycles. The third-order valence-corrected chi connectivity index (χ3v) is 11.0. The normalized spacial score (nSPS) is 10.9. The molecule has 0 radical (unpaired) electrons. The minimum absolute atomic E-state index is 0. The molecule has 0 aliphatic heterocycles. The quantitative estimate of drug-likeness (QED) is 0.0522. The van der Waals surface area contributed by atoms with Gasteiger partial charge in [-0.05, 0) is 37.1 Å². The van der Waals surface area contributed by atoms with E-state index in [0.717, 1.165) is 64.7 Å². The Kier molecular flexibility index (Phi) is 26.3. The van der Waals surface area contributed by atoms with Gasteiger partial charge in [0, 0.05) is 67.0 Å². The molecule has 9 heteroatoms. The summed E-state index contributed by atoms with van der Waals surface area (Å²) >= 11 is 0. The number of halogens is 4. The first-order valence-electron chi connectivity index (χ1n) is 17.3. The molecule has 0 bridgehead atoms. The van der Waals surface area contributed by atoms with Gasteiger partial charge in [-0.15, -0.1) is 36.4 Å². The average molecular weight is 701 g/mol. The molecule has 2 aromatic rings. The van der Waals surface area contributed by atoms with Gasteiger partial charge >= 0.3 is 21.7 Å². The zero-order valence-corrected chi connectivity index (χ0v) is 33.0. The van der Waals surface area contributed by atoms with Crippen molar-refractivity contribution in [3.63, 3.8) is 0 Å². The summed E-state index contributed by atoms with van der Waals surface area (Å²) in [5, 5.41) is 0. The van der Waals surface area contributed by atoms with Crippen LogP contribution in [0.25, 0.3) is 0 Å². The maximum atomic E-state index is 13.9. The van der Waals surface area contributed by atoms with Crippen LogP contribution in [0.4, 0.5) is 28.9 Å². The molecule has 0 heterocycles. The molecule has 45 heavy (non-hydrogen) atoms. The van der Waals surface area contributed by atoms with Crippen LogP contribution < -0.4 is 9.80 Å². The van der Waals surface area contributed by atoms with E-state index >= 15 is 0 Å². The number of benzene rings is 2. The second-order valence-electron chi connectivity index (χ2n) is 12.9. The van der Waals surface area contributed by atoms with Gasteiger partial charge in [0.05, 0.1) is 0 Å². The summed E-state index contributed by atoms with van der Waals surface area (Å²) in [5.41, 5.74) is 0.980. The molecule has 0 aliphatic carbocycles. The van der Waals surface area contributed by atoms with Gasteiger partial charge in [-0.2, -0.15) is 0 Å². The summed E-state index contributed by atoms with van der Waals surface area (Å²) in [6.07, 6.45) is 13.9. The van der Waals surface area contributed by atoms with Gasteiger partial charge in [-0.3, -0.25) is 0 Å². The third-order valence-electron chi connectivity index (χ3n) is 7.85. The Bertz CT molecular complexity index is 934. The molecule has 0 saturated heterocycles. The standard InChI is InChI=1S/2C18H30F2NSi.Ti/c2*1-4-5-12-21(13-8-6-7-9-14-22(2)3)18-11-10-16(19)15-17(18)20;/h2*10-11,22H,4-9,12-14H2,1-3H3;/q2*-1;+2. The molecule has 2 aromatic carbocycles. The molecule has 0 amide bonds. The molecule has 0 spiro atoms. The van der Waals surface area contributed by atoms with Crippen LogP contribution in [-0.2, 0) is 21.7 Å². The van der Waals surface area contributed by atoms with Crippen molar-refractivity contribution in [1.82, 2.24) is 0 Å². The number of unbranched alkanes of at least 4 members (excludes halogenated alkanes) is 8. The molecular formula is C36H60F4N2Si2Ti. The summed E-state index contributed by atoms with van der Waals surface area (Å²) < 4.78 is 53.8. The Morgan fingerprint density at radius 1 is 0.511 bits per heavy atom. The van der Waals surface area contributed by atoms with Gasteiger partial charge in [-0.25, -0.2) is 17.6 Å². The van der Waals surface area contributed by atoms with Crippen LogP contribution in [0.15, 0.2) is 24.3 Å². The van der Waals surface area contributed by atoms with E-state index in [1.54, 1.807) is 12.1 Å². The van der Waals surface area contributed by atoms with Crippen LogP contribution in [0.3, 0.4) is 0 Å². The molecule has 0 fully saturated rings. The Hall–Kier alpha value is -1.09. The van der Waals surface area contributed by atoms with Gasteiger partial charge in [0.1, 0.15) is 0 Å². The molecule has 2 rings (SSSR count). The molecule has 0 N–H and O–H groups in total. The van der Waals surface area contributed by atoms with E-state index in [0.29, 0.717) is 11.4 Å². The van der Waals surface area contributed by atoms with Crippen molar-refractivity contribution in [2.45, 2.75) is 129 Å². The fourth-order valence-electron chi connectivity index (χ4n) is 5.18. The second-order valence-corrected chi connectivity index (χ2v) is 19.6. The smallest absolute Gasteiger partial charge is 0.421 e. The minimum Gasteiger partial charge on any atom is -0.421 e.